The summed E-state index contributed by atoms with van der Waals surface area (Å²) in [6.45, 7) is 6.54. The quantitative estimate of drug-likeness (QED) is 0.542. The minimum absolute atomic E-state index is 0.0818. The third-order valence-electron chi connectivity index (χ3n) is 3.49. The second kappa shape index (κ2) is 6.93. The Labute approximate surface area is 146 Å². The minimum Gasteiger partial charge on any atom is -0.261 e. The van der Waals surface area contributed by atoms with Gasteiger partial charge in [0.2, 0.25) is 0 Å². The summed E-state index contributed by atoms with van der Waals surface area (Å²) in [6.07, 6.45) is 3.51. The molecule has 1 N–H and O–H groups in total. The SMILES string of the molecule is CC(C)(C)c1csc(-c2ccc(C=NNc3ccccn3)cc2)n1. The Bertz CT molecular complexity index is 815. The molecule has 0 spiro atoms. The number of anilines is 1. The van der Waals surface area contributed by atoms with Crippen LogP contribution in [0.2, 0.25) is 0 Å². The molecule has 0 radical (unpaired) electrons. The van der Waals surface area contributed by atoms with E-state index in [0.717, 1.165) is 27.6 Å². The lowest BCUT2D eigenvalue weighted by Gasteiger charge is -2.14. The van der Waals surface area contributed by atoms with Gasteiger partial charge in [-0.1, -0.05) is 51.1 Å². The number of hydrogen-bond donors (Lipinski definition) is 1. The van der Waals surface area contributed by atoms with Gasteiger partial charge >= 0.3 is 0 Å². The number of nitrogens with one attached hydrogen (secondary N) is 1. The van der Waals surface area contributed by atoms with Crippen LogP contribution in [0.4, 0.5) is 5.82 Å². The van der Waals surface area contributed by atoms with Crippen LogP contribution in [0.3, 0.4) is 0 Å². The fourth-order valence-electron chi connectivity index (χ4n) is 2.06. The Hall–Kier alpha value is -2.53. The number of hydrazone groups is 1. The molecule has 0 aliphatic rings. The molecule has 5 heteroatoms. The maximum atomic E-state index is 4.75. The van der Waals surface area contributed by atoms with Crippen LogP contribution in [0.25, 0.3) is 10.6 Å². The average Bonchev–Trinajstić information content (AvgIpc) is 3.07. The number of pyridine rings is 1. The highest BCUT2D eigenvalue weighted by Crippen LogP contribution is 2.29. The van der Waals surface area contributed by atoms with E-state index in [4.69, 9.17) is 4.98 Å². The third-order valence-corrected chi connectivity index (χ3v) is 4.38. The van der Waals surface area contributed by atoms with Crippen molar-refractivity contribution in [2.75, 3.05) is 5.43 Å². The number of hydrogen-bond acceptors (Lipinski definition) is 5. The Balaban J connectivity index is 1.68. The Morgan fingerprint density at radius 1 is 1.08 bits per heavy atom. The summed E-state index contributed by atoms with van der Waals surface area (Å²) in [6, 6.07) is 13.9. The summed E-state index contributed by atoms with van der Waals surface area (Å²) >= 11 is 1.69. The van der Waals surface area contributed by atoms with E-state index < -0.39 is 0 Å². The summed E-state index contributed by atoms with van der Waals surface area (Å²) in [5.74, 6) is 0.725. The van der Waals surface area contributed by atoms with Crippen LogP contribution in [-0.2, 0) is 5.41 Å². The second-order valence-corrected chi connectivity index (χ2v) is 7.35. The van der Waals surface area contributed by atoms with E-state index in [1.54, 1.807) is 23.7 Å². The summed E-state index contributed by atoms with van der Waals surface area (Å²) in [4.78, 5) is 8.90. The van der Waals surface area contributed by atoms with Gasteiger partial charge in [-0.2, -0.15) is 5.10 Å². The second-order valence-electron chi connectivity index (χ2n) is 6.49. The van der Waals surface area contributed by atoms with Crippen LogP contribution in [-0.4, -0.2) is 16.2 Å². The molecule has 0 atom stereocenters. The number of benzene rings is 1. The van der Waals surface area contributed by atoms with E-state index in [9.17, 15) is 0 Å². The first-order valence-corrected chi connectivity index (χ1v) is 8.67. The zero-order valence-corrected chi connectivity index (χ0v) is 14.8. The van der Waals surface area contributed by atoms with Gasteiger partial charge in [-0.15, -0.1) is 11.3 Å². The van der Waals surface area contributed by atoms with Crippen molar-refractivity contribution in [3.8, 4) is 10.6 Å². The molecule has 2 heterocycles. The van der Waals surface area contributed by atoms with Gasteiger partial charge in [0.1, 0.15) is 10.8 Å². The zero-order chi connectivity index (χ0) is 17.0. The van der Waals surface area contributed by atoms with Crippen molar-refractivity contribution >= 4 is 23.4 Å². The van der Waals surface area contributed by atoms with E-state index in [1.807, 2.05) is 30.3 Å². The van der Waals surface area contributed by atoms with Gasteiger partial charge in [-0.05, 0) is 17.7 Å². The Morgan fingerprint density at radius 3 is 2.50 bits per heavy atom. The van der Waals surface area contributed by atoms with Gasteiger partial charge in [-0.25, -0.2) is 9.97 Å². The largest absolute Gasteiger partial charge is 0.261 e. The van der Waals surface area contributed by atoms with Crippen molar-refractivity contribution in [3.63, 3.8) is 0 Å². The van der Waals surface area contributed by atoms with Gasteiger partial charge in [0.05, 0.1) is 11.9 Å². The molecule has 122 valence electrons. The zero-order valence-electron chi connectivity index (χ0n) is 14.0. The lowest BCUT2D eigenvalue weighted by Crippen LogP contribution is -2.11. The predicted octanol–water partition coefficient (Wildman–Crippen LogP) is 4.95. The fourth-order valence-corrected chi connectivity index (χ4v) is 3.12. The number of thiazole rings is 1. The predicted molar refractivity (Wildman–Crippen MR) is 102 cm³/mol. The van der Waals surface area contributed by atoms with Crippen molar-refractivity contribution in [1.29, 1.82) is 0 Å². The Morgan fingerprint density at radius 2 is 1.88 bits per heavy atom. The summed E-state index contributed by atoms with van der Waals surface area (Å²) < 4.78 is 0. The van der Waals surface area contributed by atoms with Crippen LogP contribution in [0.15, 0.2) is 59.1 Å². The number of rotatable bonds is 4. The molecule has 0 aliphatic heterocycles. The van der Waals surface area contributed by atoms with Crippen LogP contribution in [0.5, 0.6) is 0 Å². The highest BCUT2D eigenvalue weighted by Gasteiger charge is 2.17. The molecule has 0 saturated carbocycles. The molecule has 0 aliphatic carbocycles. The van der Waals surface area contributed by atoms with Crippen molar-refractivity contribution < 1.29 is 0 Å². The monoisotopic (exact) mass is 336 g/mol. The average molecular weight is 336 g/mol. The first-order valence-electron chi connectivity index (χ1n) is 7.79. The van der Waals surface area contributed by atoms with Crippen molar-refractivity contribution in [1.82, 2.24) is 9.97 Å². The first-order chi connectivity index (χ1) is 11.5. The highest BCUT2D eigenvalue weighted by atomic mass is 32.1. The fraction of sp³-hybridized carbons (Fsp3) is 0.211. The number of aromatic nitrogens is 2. The van der Waals surface area contributed by atoms with Crippen LogP contribution < -0.4 is 5.43 Å². The molecular weight excluding hydrogens is 316 g/mol. The molecule has 3 rings (SSSR count). The molecule has 4 nitrogen and oxygen atoms in total. The van der Waals surface area contributed by atoms with Gasteiger partial charge < -0.3 is 0 Å². The molecule has 0 saturated heterocycles. The summed E-state index contributed by atoms with van der Waals surface area (Å²) in [5, 5.41) is 7.39. The van der Waals surface area contributed by atoms with E-state index in [1.165, 1.54) is 0 Å². The van der Waals surface area contributed by atoms with Crippen LogP contribution in [0, 0.1) is 0 Å². The first kappa shape index (κ1) is 16.3. The van der Waals surface area contributed by atoms with E-state index in [-0.39, 0.29) is 5.41 Å². The lowest BCUT2D eigenvalue weighted by molar-refractivity contribution is 0.573. The molecule has 2 aromatic heterocycles. The smallest absolute Gasteiger partial charge is 0.146 e. The molecule has 0 unspecified atom stereocenters. The van der Waals surface area contributed by atoms with Gasteiger partial charge in [0, 0.05) is 22.6 Å². The normalized spacial score (nSPS) is 11.8. The lowest BCUT2D eigenvalue weighted by atomic mass is 9.93. The molecular formula is C19H20N4S. The summed E-state index contributed by atoms with van der Waals surface area (Å²) in [7, 11) is 0. The van der Waals surface area contributed by atoms with Gasteiger partial charge in [0.25, 0.3) is 0 Å². The van der Waals surface area contributed by atoms with Crippen molar-refractivity contribution in [3.05, 3.63) is 65.3 Å². The molecule has 3 aromatic rings. The van der Waals surface area contributed by atoms with Gasteiger partial charge in [0.15, 0.2) is 0 Å². The van der Waals surface area contributed by atoms with Crippen LogP contribution in [0.1, 0.15) is 32.0 Å². The minimum atomic E-state index is 0.0818. The maximum absolute atomic E-state index is 4.75. The highest BCUT2D eigenvalue weighted by molar-refractivity contribution is 7.13. The maximum Gasteiger partial charge on any atom is 0.146 e. The van der Waals surface area contributed by atoms with Gasteiger partial charge in [-0.3, -0.25) is 5.43 Å². The standard InChI is InChI=1S/C19H20N4S/c1-19(2,3)16-13-24-18(22-16)15-9-7-14(8-10-15)12-21-23-17-6-4-5-11-20-17/h4-13H,1-3H3,(H,20,23). The van der Waals surface area contributed by atoms with E-state index >= 15 is 0 Å². The van der Waals surface area contributed by atoms with Crippen molar-refractivity contribution in [2.45, 2.75) is 26.2 Å². The number of nitrogens with zero attached hydrogens (tertiary/aromatic N) is 3. The topological polar surface area (TPSA) is 50.2 Å². The molecule has 0 fully saturated rings. The van der Waals surface area contributed by atoms with Crippen molar-refractivity contribution in [2.24, 2.45) is 5.10 Å². The van der Waals surface area contributed by atoms with Crippen LogP contribution >= 0.6 is 11.3 Å². The summed E-state index contributed by atoms with van der Waals surface area (Å²) in [5.41, 5.74) is 6.27. The third kappa shape index (κ3) is 4.06. The molecule has 1 aromatic carbocycles. The molecule has 0 bridgehead atoms. The molecule has 0 amide bonds. The van der Waals surface area contributed by atoms with E-state index in [0.29, 0.717) is 0 Å². The van der Waals surface area contributed by atoms with E-state index in [2.05, 4.69) is 53.8 Å². The molecule has 24 heavy (non-hydrogen) atoms. The Kier molecular flexibility index (Phi) is 4.71.